The van der Waals surface area contributed by atoms with Gasteiger partial charge < -0.3 is 5.32 Å². The standard InChI is InChI=1S/C18H18N4O3S/c1-3-8-22-15-14(17(24)21-18(22)25)9-11(10-19-15)16(23)20-12-4-6-13(26-2)7-5-12/h4-7,9-10H,3,8H2,1-2H3,(H,20,23)(H,21,24,25). The number of hydrogen-bond acceptors (Lipinski definition) is 5. The lowest BCUT2D eigenvalue weighted by molar-refractivity contribution is 0.102. The van der Waals surface area contributed by atoms with Crippen molar-refractivity contribution >= 4 is 34.4 Å². The van der Waals surface area contributed by atoms with E-state index in [4.69, 9.17) is 0 Å². The number of benzene rings is 1. The topological polar surface area (TPSA) is 96.9 Å². The van der Waals surface area contributed by atoms with Gasteiger partial charge in [0.15, 0.2) is 0 Å². The third kappa shape index (κ3) is 3.55. The van der Waals surface area contributed by atoms with Gasteiger partial charge in [-0.25, -0.2) is 9.78 Å². The fourth-order valence-electron chi connectivity index (χ4n) is 2.60. The zero-order chi connectivity index (χ0) is 18.7. The summed E-state index contributed by atoms with van der Waals surface area (Å²) in [5, 5.41) is 2.99. The van der Waals surface area contributed by atoms with E-state index in [1.807, 2.05) is 37.4 Å². The molecule has 1 amide bonds. The van der Waals surface area contributed by atoms with Crippen molar-refractivity contribution in [1.29, 1.82) is 0 Å². The molecule has 1 aromatic carbocycles. The number of amides is 1. The number of fused-ring (bicyclic) bond motifs is 1. The Morgan fingerprint density at radius 1 is 1.27 bits per heavy atom. The van der Waals surface area contributed by atoms with Gasteiger partial charge in [-0.3, -0.25) is 19.1 Å². The Morgan fingerprint density at radius 3 is 2.65 bits per heavy atom. The van der Waals surface area contributed by atoms with Crippen LogP contribution in [-0.4, -0.2) is 26.7 Å². The molecule has 0 fully saturated rings. The molecular weight excluding hydrogens is 352 g/mol. The van der Waals surface area contributed by atoms with E-state index in [1.54, 1.807) is 11.8 Å². The number of aryl methyl sites for hydroxylation is 1. The fourth-order valence-corrected chi connectivity index (χ4v) is 3.01. The second-order valence-electron chi connectivity index (χ2n) is 5.69. The van der Waals surface area contributed by atoms with E-state index in [9.17, 15) is 14.4 Å². The monoisotopic (exact) mass is 370 g/mol. The number of nitrogens with one attached hydrogen (secondary N) is 2. The van der Waals surface area contributed by atoms with Crippen LogP contribution >= 0.6 is 11.8 Å². The predicted molar refractivity (Wildman–Crippen MR) is 103 cm³/mol. The Balaban J connectivity index is 1.96. The second-order valence-corrected chi connectivity index (χ2v) is 6.57. The van der Waals surface area contributed by atoms with Crippen molar-refractivity contribution in [2.24, 2.45) is 0 Å². The third-order valence-corrected chi connectivity index (χ3v) is 4.63. The number of anilines is 1. The molecule has 0 aliphatic carbocycles. The van der Waals surface area contributed by atoms with Crippen molar-refractivity contribution < 1.29 is 4.79 Å². The number of rotatable bonds is 5. The molecular formula is C18H18N4O3S. The molecule has 0 bridgehead atoms. The number of thioether (sulfide) groups is 1. The lowest BCUT2D eigenvalue weighted by Crippen LogP contribution is -2.31. The smallest absolute Gasteiger partial charge is 0.322 e. The van der Waals surface area contributed by atoms with E-state index in [0.29, 0.717) is 12.2 Å². The number of pyridine rings is 1. The van der Waals surface area contributed by atoms with Gasteiger partial charge in [-0.05, 0) is 43.0 Å². The molecule has 7 nitrogen and oxygen atoms in total. The lowest BCUT2D eigenvalue weighted by atomic mass is 10.2. The van der Waals surface area contributed by atoms with Gasteiger partial charge in [-0.1, -0.05) is 6.92 Å². The first kappa shape index (κ1) is 17.9. The molecule has 0 aliphatic rings. The van der Waals surface area contributed by atoms with Crippen LogP contribution < -0.4 is 16.6 Å². The maximum atomic E-state index is 12.5. The zero-order valence-corrected chi connectivity index (χ0v) is 15.2. The van der Waals surface area contributed by atoms with Crippen LogP contribution in [0.4, 0.5) is 5.69 Å². The fraction of sp³-hybridized carbons (Fsp3) is 0.222. The van der Waals surface area contributed by atoms with Crippen molar-refractivity contribution in [1.82, 2.24) is 14.5 Å². The second kappa shape index (κ2) is 7.57. The van der Waals surface area contributed by atoms with E-state index in [0.717, 1.165) is 11.3 Å². The zero-order valence-electron chi connectivity index (χ0n) is 14.4. The molecule has 0 saturated carbocycles. The molecule has 0 radical (unpaired) electrons. The summed E-state index contributed by atoms with van der Waals surface area (Å²) in [4.78, 5) is 44.1. The van der Waals surface area contributed by atoms with Crippen molar-refractivity contribution in [3.8, 4) is 0 Å². The normalized spacial score (nSPS) is 10.8. The van der Waals surface area contributed by atoms with Gasteiger partial charge in [0.25, 0.3) is 11.5 Å². The van der Waals surface area contributed by atoms with E-state index in [-0.39, 0.29) is 22.5 Å². The molecule has 134 valence electrons. The summed E-state index contributed by atoms with van der Waals surface area (Å²) in [6.07, 6.45) is 4.07. The number of H-pyrrole nitrogens is 1. The quantitative estimate of drug-likeness (QED) is 0.673. The van der Waals surface area contributed by atoms with Gasteiger partial charge in [0.2, 0.25) is 0 Å². The average Bonchev–Trinajstić information content (AvgIpc) is 2.65. The molecule has 0 unspecified atom stereocenters. The van der Waals surface area contributed by atoms with Crippen LogP contribution in [0, 0.1) is 0 Å². The Kier molecular flexibility index (Phi) is 5.22. The molecule has 3 aromatic rings. The van der Waals surface area contributed by atoms with Crippen molar-refractivity contribution in [2.45, 2.75) is 24.8 Å². The van der Waals surface area contributed by atoms with E-state index in [2.05, 4.69) is 15.3 Å². The minimum absolute atomic E-state index is 0.212. The molecule has 8 heteroatoms. The minimum Gasteiger partial charge on any atom is -0.322 e. The Labute approximate surface area is 153 Å². The first-order chi connectivity index (χ1) is 12.5. The van der Waals surface area contributed by atoms with Gasteiger partial charge in [0.05, 0.1) is 10.9 Å². The highest BCUT2D eigenvalue weighted by Gasteiger charge is 2.13. The summed E-state index contributed by atoms with van der Waals surface area (Å²) in [7, 11) is 0. The number of aromatic amines is 1. The van der Waals surface area contributed by atoms with Crippen LogP contribution in [0.3, 0.4) is 0 Å². The first-order valence-electron chi connectivity index (χ1n) is 8.11. The van der Waals surface area contributed by atoms with Gasteiger partial charge in [-0.2, -0.15) is 0 Å². The van der Waals surface area contributed by atoms with Crippen LogP contribution in [-0.2, 0) is 6.54 Å². The van der Waals surface area contributed by atoms with Gasteiger partial charge in [0, 0.05) is 23.3 Å². The van der Waals surface area contributed by atoms with E-state index >= 15 is 0 Å². The van der Waals surface area contributed by atoms with Crippen LogP contribution in [0.5, 0.6) is 0 Å². The maximum absolute atomic E-state index is 12.5. The third-order valence-electron chi connectivity index (χ3n) is 3.89. The average molecular weight is 370 g/mol. The largest absolute Gasteiger partial charge is 0.329 e. The molecule has 2 heterocycles. The molecule has 0 atom stereocenters. The molecule has 0 spiro atoms. The van der Waals surface area contributed by atoms with Crippen molar-refractivity contribution in [3.05, 3.63) is 62.9 Å². The van der Waals surface area contributed by atoms with Crippen LogP contribution in [0.15, 0.2) is 51.0 Å². The maximum Gasteiger partial charge on any atom is 0.329 e. The van der Waals surface area contributed by atoms with Gasteiger partial charge in [-0.15, -0.1) is 11.8 Å². The van der Waals surface area contributed by atoms with Gasteiger partial charge >= 0.3 is 5.69 Å². The SMILES string of the molecule is CCCn1c(=O)[nH]c(=O)c2cc(C(=O)Nc3ccc(SC)cc3)cnc21. The molecule has 2 aromatic heterocycles. The molecule has 26 heavy (non-hydrogen) atoms. The number of aromatic nitrogens is 3. The number of hydrogen-bond donors (Lipinski definition) is 2. The van der Waals surface area contributed by atoms with Crippen LogP contribution in [0.1, 0.15) is 23.7 Å². The van der Waals surface area contributed by atoms with Crippen molar-refractivity contribution in [3.63, 3.8) is 0 Å². The highest BCUT2D eigenvalue weighted by Crippen LogP contribution is 2.18. The summed E-state index contributed by atoms with van der Waals surface area (Å²) in [5.74, 6) is -0.371. The van der Waals surface area contributed by atoms with E-state index < -0.39 is 11.2 Å². The van der Waals surface area contributed by atoms with Crippen molar-refractivity contribution in [2.75, 3.05) is 11.6 Å². The summed E-state index contributed by atoms with van der Waals surface area (Å²) in [5.41, 5.74) is 0.129. The Bertz CT molecular complexity index is 1070. The molecule has 2 N–H and O–H groups in total. The van der Waals surface area contributed by atoms with Crippen LogP contribution in [0.2, 0.25) is 0 Å². The highest BCUT2D eigenvalue weighted by atomic mass is 32.2. The minimum atomic E-state index is -0.552. The molecule has 0 aliphatic heterocycles. The van der Waals surface area contributed by atoms with E-state index in [1.165, 1.54) is 16.8 Å². The molecule has 0 saturated heterocycles. The Hall–Kier alpha value is -2.87. The predicted octanol–water partition coefficient (Wildman–Crippen LogP) is 2.47. The summed E-state index contributed by atoms with van der Waals surface area (Å²) >= 11 is 1.61. The summed E-state index contributed by atoms with van der Waals surface area (Å²) < 4.78 is 1.40. The highest BCUT2D eigenvalue weighted by molar-refractivity contribution is 7.98. The summed E-state index contributed by atoms with van der Waals surface area (Å²) in [6, 6.07) is 8.90. The Morgan fingerprint density at radius 2 is 2.00 bits per heavy atom. The van der Waals surface area contributed by atoms with Crippen LogP contribution in [0.25, 0.3) is 11.0 Å². The first-order valence-corrected chi connectivity index (χ1v) is 9.34. The molecule has 3 rings (SSSR count). The summed E-state index contributed by atoms with van der Waals surface area (Å²) in [6.45, 7) is 2.36. The number of carbonyl (C=O) groups excluding carboxylic acids is 1. The number of carbonyl (C=O) groups is 1. The number of nitrogens with zero attached hydrogens (tertiary/aromatic N) is 2. The lowest BCUT2D eigenvalue weighted by Gasteiger charge is -2.09. The van der Waals surface area contributed by atoms with Gasteiger partial charge in [0.1, 0.15) is 5.65 Å².